The van der Waals surface area contributed by atoms with Crippen LogP contribution in [0, 0.1) is 29.1 Å². The van der Waals surface area contributed by atoms with Crippen molar-refractivity contribution >= 4 is 0 Å². The molecule has 2 fully saturated rings. The van der Waals surface area contributed by atoms with Crippen LogP contribution in [-0.2, 0) is 0 Å². The van der Waals surface area contributed by atoms with Crippen molar-refractivity contribution < 1.29 is 5.11 Å². The molecule has 0 saturated heterocycles. The Morgan fingerprint density at radius 3 is 2.06 bits per heavy atom. The largest absolute Gasteiger partial charge is 0.393 e. The van der Waals surface area contributed by atoms with Crippen LogP contribution in [-0.4, -0.2) is 11.2 Å². The molecule has 0 radical (unpaired) electrons. The molecule has 0 aromatic heterocycles. The van der Waals surface area contributed by atoms with Crippen molar-refractivity contribution in [3.05, 3.63) is 0 Å². The Kier molecular flexibility index (Phi) is 4.41. The first-order valence-corrected chi connectivity index (χ1v) is 8.06. The van der Waals surface area contributed by atoms with E-state index in [4.69, 9.17) is 0 Å². The van der Waals surface area contributed by atoms with Crippen LogP contribution in [0.25, 0.3) is 0 Å². The van der Waals surface area contributed by atoms with Gasteiger partial charge in [0.1, 0.15) is 0 Å². The van der Waals surface area contributed by atoms with E-state index < -0.39 is 0 Å². The van der Waals surface area contributed by atoms with Gasteiger partial charge in [0.2, 0.25) is 0 Å². The van der Waals surface area contributed by atoms with Gasteiger partial charge < -0.3 is 5.11 Å². The molecule has 0 aliphatic heterocycles. The smallest absolute Gasteiger partial charge is 0.0571 e. The SMILES string of the molecule is CC1CCC(C2CC(C(C)(C)C)CCC2O)CC1. The average Bonchev–Trinajstić information content (AvgIpc) is 2.29. The van der Waals surface area contributed by atoms with Gasteiger partial charge in [-0.15, -0.1) is 0 Å². The molecule has 1 nitrogen and oxygen atoms in total. The third-order valence-corrected chi connectivity index (χ3v) is 5.75. The summed E-state index contributed by atoms with van der Waals surface area (Å²) >= 11 is 0. The number of aliphatic hydroxyl groups excluding tert-OH is 1. The van der Waals surface area contributed by atoms with Gasteiger partial charge in [0.05, 0.1) is 6.10 Å². The highest BCUT2D eigenvalue weighted by molar-refractivity contribution is 4.89. The third-order valence-electron chi connectivity index (χ3n) is 5.75. The molecule has 3 unspecified atom stereocenters. The maximum atomic E-state index is 10.4. The zero-order chi connectivity index (χ0) is 13.3. The van der Waals surface area contributed by atoms with Crippen molar-refractivity contribution in [3.8, 4) is 0 Å². The summed E-state index contributed by atoms with van der Waals surface area (Å²) in [6.45, 7) is 9.49. The van der Waals surface area contributed by atoms with Gasteiger partial charge in [-0.1, -0.05) is 40.5 Å². The lowest BCUT2D eigenvalue weighted by molar-refractivity contribution is -0.0182. The second-order valence-corrected chi connectivity index (χ2v) is 8.13. The van der Waals surface area contributed by atoms with Gasteiger partial charge in [0.15, 0.2) is 0 Å². The van der Waals surface area contributed by atoms with Crippen LogP contribution < -0.4 is 0 Å². The van der Waals surface area contributed by atoms with Crippen molar-refractivity contribution in [1.29, 1.82) is 0 Å². The van der Waals surface area contributed by atoms with Gasteiger partial charge in [-0.25, -0.2) is 0 Å². The Labute approximate surface area is 113 Å². The molecule has 0 aromatic carbocycles. The van der Waals surface area contributed by atoms with E-state index in [1.807, 2.05) is 0 Å². The van der Waals surface area contributed by atoms with Gasteiger partial charge in [0.25, 0.3) is 0 Å². The van der Waals surface area contributed by atoms with Crippen molar-refractivity contribution in [3.63, 3.8) is 0 Å². The Bertz CT molecular complexity index is 257. The summed E-state index contributed by atoms with van der Waals surface area (Å²) in [6, 6.07) is 0. The third kappa shape index (κ3) is 3.29. The number of hydrogen-bond acceptors (Lipinski definition) is 1. The summed E-state index contributed by atoms with van der Waals surface area (Å²) in [5.74, 6) is 3.13. The summed E-state index contributed by atoms with van der Waals surface area (Å²) in [5, 5.41) is 10.4. The van der Waals surface area contributed by atoms with Gasteiger partial charge in [-0.05, 0) is 61.2 Å². The Hall–Kier alpha value is -0.0400. The van der Waals surface area contributed by atoms with Crippen LogP contribution in [0.2, 0.25) is 0 Å². The molecule has 2 aliphatic carbocycles. The van der Waals surface area contributed by atoms with Gasteiger partial charge in [-0.3, -0.25) is 0 Å². The first-order chi connectivity index (χ1) is 8.38. The standard InChI is InChI=1S/C17H32O/c1-12-5-7-13(8-6-12)15-11-14(17(2,3)4)9-10-16(15)18/h12-16,18H,5-11H2,1-4H3. The second-order valence-electron chi connectivity index (χ2n) is 8.13. The molecule has 106 valence electrons. The zero-order valence-corrected chi connectivity index (χ0v) is 12.8. The van der Waals surface area contributed by atoms with E-state index in [0.29, 0.717) is 11.3 Å². The zero-order valence-electron chi connectivity index (χ0n) is 12.8. The summed E-state index contributed by atoms with van der Waals surface area (Å²) in [5.41, 5.74) is 0.417. The van der Waals surface area contributed by atoms with Crippen LogP contribution in [0.5, 0.6) is 0 Å². The van der Waals surface area contributed by atoms with E-state index in [1.54, 1.807) is 0 Å². The molecule has 2 rings (SSSR count). The summed E-state index contributed by atoms with van der Waals surface area (Å²) < 4.78 is 0. The fraction of sp³-hybridized carbons (Fsp3) is 1.00. The molecular weight excluding hydrogens is 220 g/mol. The van der Waals surface area contributed by atoms with E-state index in [9.17, 15) is 5.11 Å². The summed E-state index contributed by atoms with van der Waals surface area (Å²) in [4.78, 5) is 0. The van der Waals surface area contributed by atoms with Gasteiger partial charge in [0, 0.05) is 0 Å². The molecule has 0 aromatic rings. The van der Waals surface area contributed by atoms with E-state index >= 15 is 0 Å². The Morgan fingerprint density at radius 1 is 0.889 bits per heavy atom. The highest BCUT2D eigenvalue weighted by Gasteiger charge is 2.39. The second kappa shape index (κ2) is 5.53. The predicted molar refractivity (Wildman–Crippen MR) is 77.4 cm³/mol. The minimum Gasteiger partial charge on any atom is -0.393 e. The maximum Gasteiger partial charge on any atom is 0.0571 e. The molecule has 0 amide bonds. The van der Waals surface area contributed by atoms with Crippen molar-refractivity contribution in [2.75, 3.05) is 0 Å². The fourth-order valence-electron chi connectivity index (χ4n) is 4.20. The van der Waals surface area contributed by atoms with Gasteiger partial charge in [-0.2, -0.15) is 0 Å². The highest BCUT2D eigenvalue weighted by atomic mass is 16.3. The normalized spacial score (nSPS) is 42.8. The lowest BCUT2D eigenvalue weighted by atomic mass is 9.63. The predicted octanol–water partition coefficient (Wildman–Crippen LogP) is 4.64. The van der Waals surface area contributed by atoms with Crippen molar-refractivity contribution in [2.45, 2.75) is 78.7 Å². The molecule has 3 atom stereocenters. The maximum absolute atomic E-state index is 10.4. The minimum absolute atomic E-state index is 0.0120. The number of rotatable bonds is 1. The molecule has 1 heteroatoms. The molecule has 0 spiro atoms. The van der Waals surface area contributed by atoms with Crippen LogP contribution in [0.15, 0.2) is 0 Å². The molecule has 2 saturated carbocycles. The summed E-state index contributed by atoms with van der Waals surface area (Å²) in [7, 11) is 0. The van der Waals surface area contributed by atoms with E-state index in [1.165, 1.54) is 38.5 Å². The quantitative estimate of drug-likeness (QED) is 0.721. The van der Waals surface area contributed by atoms with Crippen LogP contribution in [0.4, 0.5) is 0 Å². The van der Waals surface area contributed by atoms with Crippen LogP contribution in [0.1, 0.15) is 72.6 Å². The average molecular weight is 252 g/mol. The fourth-order valence-corrected chi connectivity index (χ4v) is 4.20. The molecular formula is C17H32O. The number of aliphatic hydroxyl groups is 1. The van der Waals surface area contributed by atoms with Gasteiger partial charge >= 0.3 is 0 Å². The Balaban J connectivity index is 1.97. The molecule has 0 heterocycles. The molecule has 1 N–H and O–H groups in total. The first-order valence-electron chi connectivity index (χ1n) is 8.06. The van der Waals surface area contributed by atoms with Crippen LogP contribution >= 0.6 is 0 Å². The lowest BCUT2D eigenvalue weighted by Crippen LogP contribution is -2.39. The van der Waals surface area contributed by atoms with E-state index in [-0.39, 0.29) is 6.10 Å². The summed E-state index contributed by atoms with van der Waals surface area (Å²) in [6.07, 6.45) is 9.01. The van der Waals surface area contributed by atoms with E-state index in [2.05, 4.69) is 27.7 Å². The van der Waals surface area contributed by atoms with Crippen molar-refractivity contribution in [1.82, 2.24) is 0 Å². The van der Waals surface area contributed by atoms with Crippen molar-refractivity contribution in [2.24, 2.45) is 29.1 Å². The molecule has 0 bridgehead atoms. The highest BCUT2D eigenvalue weighted by Crippen LogP contribution is 2.46. The molecule has 2 aliphatic rings. The van der Waals surface area contributed by atoms with Crippen LogP contribution in [0.3, 0.4) is 0 Å². The first kappa shape index (κ1) is 14.4. The lowest BCUT2D eigenvalue weighted by Gasteiger charge is -2.44. The Morgan fingerprint density at radius 2 is 1.50 bits per heavy atom. The topological polar surface area (TPSA) is 20.2 Å². The number of hydrogen-bond donors (Lipinski definition) is 1. The monoisotopic (exact) mass is 252 g/mol. The minimum atomic E-state index is -0.0120. The molecule has 18 heavy (non-hydrogen) atoms. The van der Waals surface area contributed by atoms with E-state index in [0.717, 1.165) is 24.2 Å².